The molecule has 0 bridgehead atoms. The Balaban J connectivity index is 2.11. The minimum atomic E-state index is 0.396. The van der Waals surface area contributed by atoms with Crippen molar-refractivity contribution in [2.45, 2.75) is 46.2 Å². The van der Waals surface area contributed by atoms with E-state index in [9.17, 15) is 0 Å². The summed E-state index contributed by atoms with van der Waals surface area (Å²) >= 11 is 3.68. The van der Waals surface area contributed by atoms with Gasteiger partial charge in [-0.3, -0.25) is 4.68 Å². The molecule has 2 aromatic rings. The van der Waals surface area contributed by atoms with Crippen LogP contribution in [0.4, 0.5) is 0 Å². The van der Waals surface area contributed by atoms with E-state index < -0.39 is 0 Å². The van der Waals surface area contributed by atoms with Crippen molar-refractivity contribution in [3.8, 4) is 0 Å². The van der Waals surface area contributed by atoms with Crippen molar-refractivity contribution < 1.29 is 0 Å². The Labute approximate surface area is 135 Å². The SMILES string of the molecule is CCCNC(C)c1ccn(Cc2c(Br)c(CC)nn2C)c1. The van der Waals surface area contributed by atoms with Crippen LogP contribution in [0.5, 0.6) is 0 Å². The quantitative estimate of drug-likeness (QED) is 0.825. The van der Waals surface area contributed by atoms with Gasteiger partial charge in [0.25, 0.3) is 0 Å². The first kappa shape index (κ1) is 16.3. The van der Waals surface area contributed by atoms with Crippen LogP contribution in [0.3, 0.4) is 0 Å². The molecule has 1 N–H and O–H groups in total. The Morgan fingerprint density at radius 3 is 2.76 bits per heavy atom. The van der Waals surface area contributed by atoms with E-state index in [1.807, 2.05) is 11.7 Å². The number of hydrogen-bond acceptors (Lipinski definition) is 2. The van der Waals surface area contributed by atoms with Gasteiger partial charge in [-0.25, -0.2) is 0 Å². The summed E-state index contributed by atoms with van der Waals surface area (Å²) < 4.78 is 5.34. The van der Waals surface area contributed by atoms with Gasteiger partial charge < -0.3 is 9.88 Å². The summed E-state index contributed by atoms with van der Waals surface area (Å²) in [6.45, 7) is 8.43. The van der Waals surface area contributed by atoms with E-state index in [4.69, 9.17) is 0 Å². The van der Waals surface area contributed by atoms with E-state index >= 15 is 0 Å². The van der Waals surface area contributed by atoms with Crippen LogP contribution in [0.25, 0.3) is 0 Å². The molecular formula is C16H25BrN4. The molecule has 0 aromatic carbocycles. The molecule has 0 amide bonds. The van der Waals surface area contributed by atoms with Gasteiger partial charge in [0.1, 0.15) is 0 Å². The van der Waals surface area contributed by atoms with E-state index in [1.165, 1.54) is 11.3 Å². The lowest BCUT2D eigenvalue weighted by Crippen LogP contribution is -2.18. The molecule has 116 valence electrons. The molecule has 0 fully saturated rings. The van der Waals surface area contributed by atoms with Crippen LogP contribution in [-0.4, -0.2) is 20.9 Å². The predicted octanol–water partition coefficient (Wildman–Crippen LogP) is 3.66. The van der Waals surface area contributed by atoms with E-state index in [2.05, 4.69) is 70.1 Å². The minimum absolute atomic E-state index is 0.396. The first-order valence-corrected chi connectivity index (χ1v) is 8.45. The maximum absolute atomic E-state index is 4.55. The first-order valence-electron chi connectivity index (χ1n) is 7.66. The zero-order valence-corrected chi connectivity index (χ0v) is 14.9. The van der Waals surface area contributed by atoms with Crippen molar-refractivity contribution in [3.05, 3.63) is 39.9 Å². The first-order chi connectivity index (χ1) is 10.1. The predicted molar refractivity (Wildman–Crippen MR) is 90.5 cm³/mol. The van der Waals surface area contributed by atoms with E-state index in [-0.39, 0.29) is 0 Å². The summed E-state index contributed by atoms with van der Waals surface area (Å²) in [5.74, 6) is 0. The normalized spacial score (nSPS) is 12.8. The molecule has 1 unspecified atom stereocenters. The van der Waals surface area contributed by atoms with Crippen molar-refractivity contribution in [2.24, 2.45) is 7.05 Å². The van der Waals surface area contributed by atoms with Crippen molar-refractivity contribution in [2.75, 3.05) is 6.54 Å². The zero-order chi connectivity index (χ0) is 15.4. The maximum Gasteiger partial charge on any atom is 0.0767 e. The van der Waals surface area contributed by atoms with Gasteiger partial charge in [-0.1, -0.05) is 13.8 Å². The second-order valence-corrected chi connectivity index (χ2v) is 6.27. The van der Waals surface area contributed by atoms with Crippen LogP contribution in [0.15, 0.2) is 22.9 Å². The van der Waals surface area contributed by atoms with Gasteiger partial charge in [-0.2, -0.15) is 5.10 Å². The summed E-state index contributed by atoms with van der Waals surface area (Å²) in [7, 11) is 2.01. The molecule has 21 heavy (non-hydrogen) atoms. The number of nitrogens with zero attached hydrogens (tertiary/aromatic N) is 3. The maximum atomic E-state index is 4.55. The molecule has 5 heteroatoms. The zero-order valence-electron chi connectivity index (χ0n) is 13.4. The topological polar surface area (TPSA) is 34.8 Å². The lowest BCUT2D eigenvalue weighted by atomic mass is 10.2. The number of rotatable bonds is 7. The molecule has 2 heterocycles. The summed E-state index contributed by atoms with van der Waals surface area (Å²) in [6.07, 6.45) is 6.47. The Kier molecular flexibility index (Phi) is 5.65. The van der Waals surface area contributed by atoms with Crippen molar-refractivity contribution in [1.82, 2.24) is 19.7 Å². The number of aromatic nitrogens is 3. The molecule has 1 atom stereocenters. The van der Waals surface area contributed by atoms with Crippen molar-refractivity contribution in [3.63, 3.8) is 0 Å². The monoisotopic (exact) mass is 352 g/mol. The average molecular weight is 353 g/mol. The Bertz CT molecular complexity index is 585. The Morgan fingerprint density at radius 1 is 1.38 bits per heavy atom. The number of nitrogens with one attached hydrogen (secondary N) is 1. The Hall–Kier alpha value is -1.07. The highest BCUT2D eigenvalue weighted by atomic mass is 79.9. The standard InChI is InChI=1S/C16H25BrN4/c1-5-8-18-12(3)13-7-9-21(10-13)11-15-16(17)14(6-2)19-20(15)4/h7,9-10,12,18H,5-6,8,11H2,1-4H3. The van der Waals surface area contributed by atoms with E-state index in [0.29, 0.717) is 6.04 Å². The summed E-state index contributed by atoms with van der Waals surface area (Å²) in [6, 6.07) is 2.59. The summed E-state index contributed by atoms with van der Waals surface area (Å²) in [4.78, 5) is 0. The molecule has 0 aliphatic rings. The molecule has 0 saturated carbocycles. The van der Waals surface area contributed by atoms with Gasteiger partial charge in [0.15, 0.2) is 0 Å². The summed E-state index contributed by atoms with van der Waals surface area (Å²) in [5.41, 5.74) is 3.67. The van der Waals surface area contributed by atoms with Gasteiger partial charge >= 0.3 is 0 Å². The molecular weight excluding hydrogens is 328 g/mol. The Morgan fingerprint density at radius 2 is 2.14 bits per heavy atom. The lowest BCUT2D eigenvalue weighted by molar-refractivity contribution is 0.569. The molecule has 2 aromatic heterocycles. The minimum Gasteiger partial charge on any atom is -0.348 e. The van der Waals surface area contributed by atoms with Crippen LogP contribution in [0.1, 0.15) is 50.2 Å². The molecule has 4 nitrogen and oxygen atoms in total. The molecule has 0 radical (unpaired) electrons. The van der Waals surface area contributed by atoms with E-state index in [0.717, 1.165) is 36.1 Å². The number of halogens is 1. The van der Waals surface area contributed by atoms with Crippen molar-refractivity contribution >= 4 is 15.9 Å². The van der Waals surface area contributed by atoms with E-state index in [1.54, 1.807) is 0 Å². The van der Waals surface area contributed by atoms with Gasteiger partial charge in [0.2, 0.25) is 0 Å². The third kappa shape index (κ3) is 3.77. The van der Waals surface area contributed by atoms with Gasteiger partial charge in [-0.05, 0) is 53.9 Å². The fraction of sp³-hybridized carbons (Fsp3) is 0.562. The molecule has 0 saturated heterocycles. The number of aryl methyl sites for hydroxylation is 2. The highest BCUT2D eigenvalue weighted by Crippen LogP contribution is 2.23. The van der Waals surface area contributed by atoms with Gasteiger partial charge in [-0.15, -0.1) is 0 Å². The van der Waals surface area contributed by atoms with Gasteiger partial charge in [0, 0.05) is 25.5 Å². The van der Waals surface area contributed by atoms with Crippen molar-refractivity contribution in [1.29, 1.82) is 0 Å². The third-order valence-corrected chi connectivity index (χ3v) is 4.72. The summed E-state index contributed by atoms with van der Waals surface area (Å²) in [5, 5.41) is 8.07. The fourth-order valence-corrected chi connectivity index (χ4v) is 3.20. The average Bonchev–Trinajstić information content (AvgIpc) is 3.04. The highest BCUT2D eigenvalue weighted by molar-refractivity contribution is 9.10. The second-order valence-electron chi connectivity index (χ2n) is 5.48. The smallest absolute Gasteiger partial charge is 0.0767 e. The molecule has 0 aliphatic heterocycles. The van der Waals surface area contributed by atoms with Crippen LogP contribution < -0.4 is 5.32 Å². The molecule has 0 spiro atoms. The van der Waals surface area contributed by atoms with Crippen LogP contribution in [-0.2, 0) is 20.0 Å². The van der Waals surface area contributed by atoms with Gasteiger partial charge in [0.05, 0.1) is 22.4 Å². The van der Waals surface area contributed by atoms with Crippen LogP contribution in [0.2, 0.25) is 0 Å². The lowest BCUT2D eigenvalue weighted by Gasteiger charge is -2.11. The van der Waals surface area contributed by atoms with Crippen LogP contribution >= 0.6 is 15.9 Å². The largest absolute Gasteiger partial charge is 0.348 e. The highest BCUT2D eigenvalue weighted by Gasteiger charge is 2.13. The fourth-order valence-electron chi connectivity index (χ4n) is 2.46. The third-order valence-electron chi connectivity index (χ3n) is 3.81. The number of hydrogen-bond donors (Lipinski definition) is 1. The second kappa shape index (κ2) is 7.27. The molecule has 0 aliphatic carbocycles. The molecule has 2 rings (SSSR count). The van der Waals surface area contributed by atoms with Crippen LogP contribution in [0, 0.1) is 0 Å².